The van der Waals surface area contributed by atoms with E-state index in [1.165, 1.54) is 4.90 Å². The molecule has 2 aromatic rings. The van der Waals surface area contributed by atoms with Gasteiger partial charge in [0.05, 0.1) is 11.9 Å². The Labute approximate surface area is 197 Å². The Kier molecular flexibility index (Phi) is 9.46. The van der Waals surface area contributed by atoms with Crippen LogP contribution < -0.4 is 9.62 Å². The lowest BCUT2D eigenvalue weighted by molar-refractivity contribution is -0.139. The van der Waals surface area contributed by atoms with Crippen molar-refractivity contribution in [2.45, 2.75) is 46.7 Å². The SMILES string of the molecule is CCc1ccc(N(CC(=O)N(Cc2ccccc2)[C@H](C)C(=O)NCC(C)C)S(C)(=O)=O)cc1. The second-order valence-corrected chi connectivity index (χ2v) is 10.5. The molecule has 0 aliphatic rings. The summed E-state index contributed by atoms with van der Waals surface area (Å²) in [5.41, 5.74) is 2.34. The first-order valence-corrected chi connectivity index (χ1v) is 13.1. The largest absolute Gasteiger partial charge is 0.354 e. The molecule has 1 atom stereocenters. The van der Waals surface area contributed by atoms with Crippen LogP contribution >= 0.6 is 0 Å². The molecule has 1 N–H and O–H groups in total. The molecule has 180 valence electrons. The van der Waals surface area contributed by atoms with Crippen molar-refractivity contribution in [2.75, 3.05) is 23.7 Å². The maximum atomic E-state index is 13.4. The molecular formula is C25H35N3O4S. The van der Waals surface area contributed by atoms with Crippen LogP contribution in [0, 0.1) is 5.92 Å². The van der Waals surface area contributed by atoms with Gasteiger partial charge in [0.2, 0.25) is 21.8 Å². The third-order valence-corrected chi connectivity index (χ3v) is 6.50. The van der Waals surface area contributed by atoms with Gasteiger partial charge in [-0.25, -0.2) is 8.42 Å². The quantitative estimate of drug-likeness (QED) is 0.543. The van der Waals surface area contributed by atoms with Crippen LogP contribution in [0.3, 0.4) is 0 Å². The lowest BCUT2D eigenvalue weighted by Gasteiger charge is -2.31. The molecule has 0 radical (unpaired) electrons. The van der Waals surface area contributed by atoms with Gasteiger partial charge in [-0.2, -0.15) is 0 Å². The van der Waals surface area contributed by atoms with Gasteiger partial charge in [-0.05, 0) is 42.5 Å². The van der Waals surface area contributed by atoms with Crippen molar-refractivity contribution in [3.8, 4) is 0 Å². The summed E-state index contributed by atoms with van der Waals surface area (Å²) < 4.78 is 26.2. The smallest absolute Gasteiger partial charge is 0.244 e. The molecule has 0 heterocycles. The highest BCUT2D eigenvalue weighted by Gasteiger charge is 2.30. The fourth-order valence-electron chi connectivity index (χ4n) is 3.33. The summed E-state index contributed by atoms with van der Waals surface area (Å²) in [6.45, 7) is 7.96. The van der Waals surface area contributed by atoms with E-state index in [-0.39, 0.29) is 24.9 Å². The standard InChI is InChI=1S/C25H35N3O4S/c1-6-21-12-14-23(15-13-21)28(33(5,31)32)18-24(29)27(17-22-10-8-7-9-11-22)20(4)25(30)26-16-19(2)3/h7-15,19-20H,6,16-18H2,1-5H3,(H,26,30)/t20-/m1/s1. The molecule has 8 heteroatoms. The van der Waals surface area contributed by atoms with Gasteiger partial charge < -0.3 is 10.2 Å². The molecule has 2 aromatic carbocycles. The average molecular weight is 474 g/mol. The Balaban J connectivity index is 2.32. The maximum Gasteiger partial charge on any atom is 0.244 e. The second-order valence-electron chi connectivity index (χ2n) is 8.61. The zero-order valence-electron chi connectivity index (χ0n) is 20.1. The Morgan fingerprint density at radius 3 is 2.06 bits per heavy atom. The van der Waals surface area contributed by atoms with Gasteiger partial charge in [-0.3, -0.25) is 13.9 Å². The number of nitrogens with one attached hydrogen (secondary N) is 1. The Bertz CT molecular complexity index is 1020. The van der Waals surface area contributed by atoms with Gasteiger partial charge in [0, 0.05) is 13.1 Å². The van der Waals surface area contributed by atoms with Crippen LogP contribution in [-0.4, -0.2) is 50.5 Å². The monoisotopic (exact) mass is 473 g/mol. The summed E-state index contributed by atoms with van der Waals surface area (Å²) in [7, 11) is -3.72. The van der Waals surface area contributed by atoms with E-state index in [2.05, 4.69) is 5.32 Å². The minimum Gasteiger partial charge on any atom is -0.354 e. The van der Waals surface area contributed by atoms with Crippen molar-refractivity contribution in [3.63, 3.8) is 0 Å². The maximum absolute atomic E-state index is 13.4. The van der Waals surface area contributed by atoms with Gasteiger partial charge in [0.1, 0.15) is 12.6 Å². The number of sulfonamides is 1. The summed E-state index contributed by atoms with van der Waals surface area (Å²) in [5.74, 6) is -0.450. The van der Waals surface area contributed by atoms with Crippen molar-refractivity contribution in [1.29, 1.82) is 0 Å². The number of aryl methyl sites for hydroxylation is 1. The van der Waals surface area contributed by atoms with Crippen LogP contribution in [0.25, 0.3) is 0 Å². The number of benzene rings is 2. The second kappa shape index (κ2) is 11.8. The number of carbonyl (C=O) groups excluding carboxylic acids is 2. The Hall–Kier alpha value is -2.87. The fourth-order valence-corrected chi connectivity index (χ4v) is 4.18. The van der Waals surface area contributed by atoms with Gasteiger partial charge >= 0.3 is 0 Å². The Morgan fingerprint density at radius 2 is 1.55 bits per heavy atom. The van der Waals surface area contributed by atoms with Gasteiger partial charge in [0.25, 0.3) is 0 Å². The summed E-state index contributed by atoms with van der Waals surface area (Å²) in [6.07, 6.45) is 1.90. The van der Waals surface area contributed by atoms with E-state index >= 15 is 0 Å². The van der Waals surface area contributed by atoms with E-state index in [0.717, 1.165) is 28.1 Å². The molecule has 0 spiro atoms. The van der Waals surface area contributed by atoms with Crippen LogP contribution in [0.15, 0.2) is 54.6 Å². The molecule has 0 aliphatic heterocycles. The summed E-state index contributed by atoms with van der Waals surface area (Å²) >= 11 is 0. The molecule has 0 aromatic heterocycles. The first-order valence-electron chi connectivity index (χ1n) is 11.2. The van der Waals surface area contributed by atoms with Crippen LogP contribution in [0.4, 0.5) is 5.69 Å². The van der Waals surface area contributed by atoms with Gasteiger partial charge in [0.15, 0.2) is 0 Å². The number of nitrogens with zero attached hydrogens (tertiary/aromatic N) is 2. The number of rotatable bonds is 11. The van der Waals surface area contributed by atoms with Crippen molar-refractivity contribution in [1.82, 2.24) is 10.2 Å². The van der Waals surface area contributed by atoms with E-state index in [0.29, 0.717) is 12.2 Å². The zero-order valence-corrected chi connectivity index (χ0v) is 20.9. The predicted molar refractivity (Wildman–Crippen MR) is 132 cm³/mol. The van der Waals surface area contributed by atoms with Crippen molar-refractivity contribution in [2.24, 2.45) is 5.92 Å². The van der Waals surface area contributed by atoms with Gasteiger partial charge in [-0.1, -0.05) is 63.2 Å². The minimum absolute atomic E-state index is 0.197. The summed E-state index contributed by atoms with van der Waals surface area (Å²) in [5, 5.41) is 2.87. The molecule has 0 unspecified atom stereocenters. The zero-order chi connectivity index (χ0) is 24.6. The van der Waals surface area contributed by atoms with E-state index in [1.54, 1.807) is 19.1 Å². The number of anilines is 1. The minimum atomic E-state index is -3.72. The van der Waals surface area contributed by atoms with E-state index in [4.69, 9.17) is 0 Å². The van der Waals surface area contributed by atoms with E-state index in [1.807, 2.05) is 63.2 Å². The van der Waals surface area contributed by atoms with E-state index < -0.39 is 22.0 Å². The fraction of sp³-hybridized carbons (Fsp3) is 0.440. The number of amides is 2. The Morgan fingerprint density at radius 1 is 0.939 bits per heavy atom. The number of hydrogen-bond acceptors (Lipinski definition) is 4. The lowest BCUT2D eigenvalue weighted by Crippen LogP contribution is -2.51. The topological polar surface area (TPSA) is 86.8 Å². The van der Waals surface area contributed by atoms with Gasteiger partial charge in [-0.15, -0.1) is 0 Å². The molecule has 0 aliphatic carbocycles. The van der Waals surface area contributed by atoms with Crippen LogP contribution in [0.1, 0.15) is 38.8 Å². The molecule has 33 heavy (non-hydrogen) atoms. The van der Waals surface area contributed by atoms with Crippen molar-refractivity contribution in [3.05, 3.63) is 65.7 Å². The third kappa shape index (κ3) is 7.89. The molecule has 0 bridgehead atoms. The molecular weight excluding hydrogens is 438 g/mol. The average Bonchev–Trinajstić information content (AvgIpc) is 2.78. The lowest BCUT2D eigenvalue weighted by atomic mass is 10.1. The molecule has 0 fully saturated rings. The van der Waals surface area contributed by atoms with Crippen molar-refractivity contribution < 1.29 is 18.0 Å². The third-order valence-electron chi connectivity index (χ3n) is 5.36. The molecule has 7 nitrogen and oxygen atoms in total. The summed E-state index contributed by atoms with van der Waals surface area (Å²) in [6, 6.07) is 15.7. The molecule has 0 saturated carbocycles. The molecule has 0 saturated heterocycles. The number of carbonyl (C=O) groups is 2. The normalized spacial score (nSPS) is 12.3. The number of hydrogen-bond donors (Lipinski definition) is 1. The molecule has 2 amide bonds. The molecule has 2 rings (SSSR count). The first-order chi connectivity index (χ1) is 15.5. The highest BCUT2D eigenvalue weighted by Crippen LogP contribution is 2.20. The van der Waals surface area contributed by atoms with Crippen LogP contribution in [0.2, 0.25) is 0 Å². The highest BCUT2D eigenvalue weighted by atomic mass is 32.2. The first kappa shape index (κ1) is 26.4. The van der Waals surface area contributed by atoms with E-state index in [9.17, 15) is 18.0 Å². The van der Waals surface area contributed by atoms with Crippen LogP contribution in [-0.2, 0) is 32.6 Å². The van der Waals surface area contributed by atoms with Crippen LogP contribution in [0.5, 0.6) is 0 Å². The summed E-state index contributed by atoms with van der Waals surface area (Å²) in [4.78, 5) is 27.6. The highest BCUT2D eigenvalue weighted by molar-refractivity contribution is 7.92. The predicted octanol–water partition coefficient (Wildman–Crippen LogP) is 3.20. The van der Waals surface area contributed by atoms with Crippen molar-refractivity contribution >= 4 is 27.5 Å².